The van der Waals surface area contributed by atoms with E-state index in [1.54, 1.807) is 25.1 Å². The third-order valence-corrected chi connectivity index (χ3v) is 3.37. The van der Waals surface area contributed by atoms with Gasteiger partial charge in [0.05, 0.1) is 12.7 Å². The van der Waals surface area contributed by atoms with Gasteiger partial charge in [0.1, 0.15) is 6.04 Å². The van der Waals surface area contributed by atoms with Gasteiger partial charge < -0.3 is 21.1 Å². The summed E-state index contributed by atoms with van der Waals surface area (Å²) in [6, 6.07) is 4.68. The highest BCUT2D eigenvalue weighted by Gasteiger charge is 2.28. The molecule has 1 aromatic carbocycles. The number of morpholine rings is 1. The summed E-state index contributed by atoms with van der Waals surface area (Å²) in [7, 11) is 0. The zero-order valence-corrected chi connectivity index (χ0v) is 12.8. The molecule has 0 aliphatic carbocycles. The molecule has 0 saturated carbocycles. The molecule has 1 aromatic rings. The lowest BCUT2D eigenvalue weighted by atomic mass is 10.1. The molecule has 4 N–H and O–H groups in total. The van der Waals surface area contributed by atoms with Crippen LogP contribution in [-0.2, 0) is 9.53 Å². The normalized spacial score (nSPS) is 21.2. The average molecular weight is 314 g/mol. The summed E-state index contributed by atoms with van der Waals surface area (Å²) >= 11 is 0. The van der Waals surface area contributed by atoms with E-state index in [0.717, 1.165) is 5.56 Å². The van der Waals surface area contributed by atoms with Crippen LogP contribution in [0.25, 0.3) is 0 Å². The maximum absolute atomic E-state index is 12.2. The number of primary amides is 1. The highest BCUT2D eigenvalue weighted by Crippen LogP contribution is 2.16. The molecular weight excluding hydrogens is 294 g/mol. The van der Waals surface area contributed by atoms with E-state index in [1.807, 2.05) is 6.92 Å². The third-order valence-electron chi connectivity index (χ3n) is 3.37. The van der Waals surface area contributed by atoms with Crippen molar-refractivity contribution < 1.29 is 14.3 Å². The highest BCUT2D eigenvalue weighted by molar-refractivity contribution is 5.99. The van der Waals surface area contributed by atoms with Crippen LogP contribution in [0.2, 0.25) is 0 Å². The maximum atomic E-state index is 12.2. The first-order valence-electron chi connectivity index (χ1n) is 6.55. The second kappa shape index (κ2) is 7.40. The van der Waals surface area contributed by atoms with Crippen LogP contribution in [0.1, 0.15) is 22.8 Å². The lowest BCUT2D eigenvalue weighted by Gasteiger charge is -2.29. The second-order valence-electron chi connectivity index (χ2n) is 4.89. The summed E-state index contributed by atoms with van der Waals surface area (Å²) in [4.78, 5) is 23.5. The van der Waals surface area contributed by atoms with E-state index in [2.05, 4.69) is 10.6 Å². The molecule has 116 valence electrons. The van der Waals surface area contributed by atoms with Gasteiger partial charge in [-0.15, -0.1) is 12.4 Å². The molecule has 0 spiro atoms. The van der Waals surface area contributed by atoms with Gasteiger partial charge in [-0.1, -0.05) is 6.07 Å². The summed E-state index contributed by atoms with van der Waals surface area (Å²) in [6.45, 7) is 4.88. The molecule has 1 fully saturated rings. The van der Waals surface area contributed by atoms with E-state index in [0.29, 0.717) is 24.4 Å². The second-order valence-corrected chi connectivity index (χ2v) is 4.89. The molecule has 6 nitrogen and oxygen atoms in total. The smallest absolute Gasteiger partial charge is 0.249 e. The fourth-order valence-corrected chi connectivity index (χ4v) is 2.21. The van der Waals surface area contributed by atoms with E-state index >= 15 is 0 Å². The summed E-state index contributed by atoms with van der Waals surface area (Å²) in [6.07, 6.45) is -0.190. The van der Waals surface area contributed by atoms with Crippen LogP contribution in [0, 0.1) is 6.92 Å². The van der Waals surface area contributed by atoms with E-state index in [9.17, 15) is 9.59 Å². The molecule has 0 radical (unpaired) electrons. The summed E-state index contributed by atoms with van der Waals surface area (Å²) in [5.41, 5.74) is 7.03. The number of anilines is 1. The van der Waals surface area contributed by atoms with Crippen molar-refractivity contribution >= 4 is 29.9 Å². The summed E-state index contributed by atoms with van der Waals surface area (Å²) < 4.78 is 5.43. The Hall–Kier alpha value is -1.63. The van der Waals surface area contributed by atoms with Crippen molar-refractivity contribution in [2.24, 2.45) is 5.73 Å². The highest BCUT2D eigenvalue weighted by atomic mass is 35.5. The van der Waals surface area contributed by atoms with Gasteiger partial charge in [0.15, 0.2) is 0 Å². The van der Waals surface area contributed by atoms with E-state index in [1.165, 1.54) is 0 Å². The van der Waals surface area contributed by atoms with Gasteiger partial charge in [0.25, 0.3) is 0 Å². The Kier molecular flexibility index (Phi) is 6.14. The lowest BCUT2D eigenvalue weighted by Crippen LogP contribution is -2.53. The molecule has 1 heterocycles. The molecule has 2 atom stereocenters. The predicted octanol–water partition coefficient (Wildman–Crippen LogP) is 0.831. The van der Waals surface area contributed by atoms with E-state index in [4.69, 9.17) is 10.5 Å². The van der Waals surface area contributed by atoms with Crippen molar-refractivity contribution in [2.45, 2.75) is 26.0 Å². The largest absolute Gasteiger partial charge is 0.375 e. The number of amides is 2. The van der Waals surface area contributed by atoms with Crippen molar-refractivity contribution in [3.05, 3.63) is 29.3 Å². The average Bonchev–Trinajstić information content (AvgIpc) is 2.41. The number of nitrogens with one attached hydrogen (secondary N) is 2. The molecule has 2 amide bonds. The van der Waals surface area contributed by atoms with Crippen LogP contribution in [0.3, 0.4) is 0 Å². The first-order chi connectivity index (χ1) is 9.49. The lowest BCUT2D eigenvalue weighted by molar-refractivity contribution is -0.123. The molecule has 0 unspecified atom stereocenters. The van der Waals surface area contributed by atoms with E-state index < -0.39 is 11.9 Å². The number of hydrogen-bond acceptors (Lipinski definition) is 4. The molecule has 0 aromatic heterocycles. The van der Waals surface area contributed by atoms with Crippen LogP contribution in [0.5, 0.6) is 0 Å². The van der Waals surface area contributed by atoms with Gasteiger partial charge in [-0.3, -0.25) is 9.59 Å². The Balaban J connectivity index is 0.00000220. The quantitative estimate of drug-likeness (QED) is 0.770. The predicted molar refractivity (Wildman–Crippen MR) is 82.8 cm³/mol. The van der Waals surface area contributed by atoms with Crippen LogP contribution in [0.4, 0.5) is 5.69 Å². The molecule has 1 saturated heterocycles. The topological polar surface area (TPSA) is 93.4 Å². The minimum atomic E-state index is -0.508. The number of halogens is 1. The zero-order chi connectivity index (χ0) is 14.7. The standard InChI is InChI=1S/C14H19N3O3.ClH/c1-8-3-4-10(7-11(8)13(15)18)17-14(19)12-9(2)20-6-5-16-12;/h3-4,7,9,12,16H,5-6H2,1-2H3,(H2,15,18)(H,17,19);1H/t9-,12+;/m1./s1. The zero-order valence-electron chi connectivity index (χ0n) is 12.0. The number of rotatable bonds is 3. The molecule has 21 heavy (non-hydrogen) atoms. The third kappa shape index (κ3) is 4.17. The van der Waals surface area contributed by atoms with Crippen LogP contribution in [0.15, 0.2) is 18.2 Å². The first-order valence-corrected chi connectivity index (χ1v) is 6.55. The minimum absolute atomic E-state index is 0. The number of aryl methyl sites for hydroxylation is 1. The molecule has 1 aliphatic heterocycles. The molecular formula is C14H20ClN3O3. The van der Waals surface area contributed by atoms with Crippen molar-refractivity contribution in [2.75, 3.05) is 18.5 Å². The summed E-state index contributed by atoms with van der Waals surface area (Å²) in [5.74, 6) is -0.692. The van der Waals surface area contributed by atoms with Crippen molar-refractivity contribution in [3.63, 3.8) is 0 Å². The molecule has 1 aliphatic rings. The Morgan fingerprint density at radius 3 is 2.76 bits per heavy atom. The molecule has 7 heteroatoms. The van der Waals surface area contributed by atoms with Crippen molar-refractivity contribution in [1.82, 2.24) is 5.32 Å². The number of carbonyl (C=O) groups excluding carboxylic acids is 2. The van der Waals surface area contributed by atoms with Gasteiger partial charge in [-0.25, -0.2) is 0 Å². The number of ether oxygens (including phenoxy) is 1. The van der Waals surface area contributed by atoms with Crippen molar-refractivity contribution in [1.29, 1.82) is 0 Å². The Labute approximate surface area is 129 Å². The van der Waals surface area contributed by atoms with Gasteiger partial charge in [0, 0.05) is 17.8 Å². The van der Waals surface area contributed by atoms with Gasteiger partial charge in [-0.2, -0.15) is 0 Å². The number of benzene rings is 1. The Morgan fingerprint density at radius 1 is 1.43 bits per heavy atom. The van der Waals surface area contributed by atoms with Crippen LogP contribution < -0.4 is 16.4 Å². The van der Waals surface area contributed by atoms with Crippen molar-refractivity contribution in [3.8, 4) is 0 Å². The van der Waals surface area contributed by atoms with Crippen LogP contribution in [-0.4, -0.2) is 37.1 Å². The Morgan fingerprint density at radius 2 is 2.14 bits per heavy atom. The number of hydrogen-bond donors (Lipinski definition) is 3. The molecule has 2 rings (SSSR count). The van der Waals surface area contributed by atoms with Gasteiger partial charge >= 0.3 is 0 Å². The number of nitrogens with two attached hydrogens (primary N) is 1. The van der Waals surface area contributed by atoms with Crippen LogP contribution >= 0.6 is 12.4 Å². The summed E-state index contributed by atoms with van der Waals surface area (Å²) in [5, 5.41) is 5.88. The number of carbonyl (C=O) groups is 2. The van der Waals surface area contributed by atoms with Gasteiger partial charge in [0.2, 0.25) is 11.8 Å². The minimum Gasteiger partial charge on any atom is -0.375 e. The molecule has 0 bridgehead atoms. The SMILES string of the molecule is Cc1ccc(NC(=O)[C@H]2NCCO[C@@H]2C)cc1C(N)=O.Cl. The monoisotopic (exact) mass is 313 g/mol. The van der Waals surface area contributed by atoms with E-state index in [-0.39, 0.29) is 24.4 Å². The Bertz CT molecular complexity index is 536. The van der Waals surface area contributed by atoms with Gasteiger partial charge in [-0.05, 0) is 31.5 Å². The maximum Gasteiger partial charge on any atom is 0.249 e. The fourth-order valence-electron chi connectivity index (χ4n) is 2.21. The first kappa shape index (κ1) is 17.4. The fraction of sp³-hybridized carbons (Fsp3) is 0.429.